The number of fused-ring (bicyclic) bond motifs is 1. The first kappa shape index (κ1) is 22.0. The van der Waals surface area contributed by atoms with Gasteiger partial charge in [-0.15, -0.1) is 0 Å². The molecule has 0 radical (unpaired) electrons. The Labute approximate surface area is 197 Å². The van der Waals surface area contributed by atoms with Gasteiger partial charge in [0.05, 0.1) is 20.3 Å². The van der Waals surface area contributed by atoms with Crippen molar-refractivity contribution in [2.45, 2.75) is 32.1 Å². The van der Waals surface area contributed by atoms with Gasteiger partial charge in [0.25, 0.3) is 0 Å². The fraction of sp³-hybridized carbons (Fsp3) is 0.357. The third-order valence-corrected chi connectivity index (χ3v) is 6.92. The van der Waals surface area contributed by atoms with E-state index in [0.717, 1.165) is 37.7 Å². The van der Waals surface area contributed by atoms with Crippen molar-refractivity contribution in [3.63, 3.8) is 0 Å². The monoisotopic (exact) mass is 443 g/mol. The Balaban J connectivity index is 1.51. The summed E-state index contributed by atoms with van der Waals surface area (Å²) in [5, 5.41) is 5.18. The third kappa shape index (κ3) is 4.49. The predicted molar refractivity (Wildman–Crippen MR) is 131 cm³/mol. The van der Waals surface area contributed by atoms with E-state index < -0.39 is 0 Å². The van der Waals surface area contributed by atoms with E-state index in [4.69, 9.17) is 9.47 Å². The van der Waals surface area contributed by atoms with Crippen molar-refractivity contribution in [2.24, 2.45) is 0 Å². The van der Waals surface area contributed by atoms with Crippen LogP contribution in [0.15, 0.2) is 72.8 Å². The van der Waals surface area contributed by atoms with E-state index in [2.05, 4.69) is 94.6 Å². The van der Waals surface area contributed by atoms with Crippen molar-refractivity contribution in [3.05, 3.63) is 95.1 Å². The molecule has 0 spiro atoms. The summed E-state index contributed by atoms with van der Waals surface area (Å²) >= 11 is 0. The van der Waals surface area contributed by atoms with E-state index in [1.54, 1.807) is 14.2 Å². The van der Waals surface area contributed by atoms with E-state index in [0.29, 0.717) is 6.04 Å². The highest BCUT2D eigenvalue weighted by atomic mass is 16.5. The van der Waals surface area contributed by atoms with Crippen molar-refractivity contribution in [3.8, 4) is 11.5 Å². The Hall–Kier alpha value is -2.86. The molecule has 2 saturated heterocycles. The standard InChI is InChI=1S/C28H33N3O2/c1-21-5-9-23(10-6-21)27-20-29(19-22-7-13-25(32-2)14-8-22)28(31-18-4-17-30(27)31)24-11-15-26(33-3)16-12-24/h5-16,27-28H,4,17-20H2,1-3H3/t27-,28+/m1/s1. The van der Waals surface area contributed by atoms with Crippen LogP contribution in [0.2, 0.25) is 0 Å². The lowest BCUT2D eigenvalue weighted by atomic mass is 10.00. The molecule has 2 aliphatic heterocycles. The van der Waals surface area contributed by atoms with Gasteiger partial charge in [-0.3, -0.25) is 4.90 Å². The normalized spacial score (nSPS) is 21.7. The number of hydrogen-bond acceptors (Lipinski definition) is 5. The lowest BCUT2D eigenvalue weighted by molar-refractivity contribution is -0.162. The van der Waals surface area contributed by atoms with Gasteiger partial charge in [-0.2, -0.15) is 0 Å². The topological polar surface area (TPSA) is 28.2 Å². The Kier molecular flexibility index (Phi) is 6.36. The second kappa shape index (κ2) is 9.56. The van der Waals surface area contributed by atoms with Gasteiger partial charge in [0, 0.05) is 26.2 Å². The van der Waals surface area contributed by atoms with Gasteiger partial charge in [-0.25, -0.2) is 10.0 Å². The number of ether oxygens (including phenoxy) is 2. The summed E-state index contributed by atoms with van der Waals surface area (Å²) in [4.78, 5) is 2.62. The fourth-order valence-electron chi connectivity index (χ4n) is 5.20. The zero-order valence-electron chi connectivity index (χ0n) is 19.8. The van der Waals surface area contributed by atoms with Crippen molar-refractivity contribution in [1.82, 2.24) is 14.9 Å². The number of aryl methyl sites for hydroxylation is 1. The molecule has 0 bridgehead atoms. The van der Waals surface area contributed by atoms with Gasteiger partial charge in [-0.05, 0) is 54.3 Å². The van der Waals surface area contributed by atoms with Gasteiger partial charge in [0.15, 0.2) is 0 Å². The fourth-order valence-corrected chi connectivity index (χ4v) is 5.20. The van der Waals surface area contributed by atoms with Crippen LogP contribution in [0, 0.1) is 6.92 Å². The molecule has 172 valence electrons. The molecule has 5 rings (SSSR count). The molecule has 0 amide bonds. The molecule has 0 aromatic heterocycles. The molecule has 5 heteroatoms. The zero-order valence-corrected chi connectivity index (χ0v) is 19.8. The molecule has 0 aliphatic carbocycles. The van der Waals surface area contributed by atoms with Crippen LogP contribution in [0.5, 0.6) is 11.5 Å². The summed E-state index contributed by atoms with van der Waals surface area (Å²) in [5.41, 5.74) is 5.29. The van der Waals surface area contributed by atoms with Crippen LogP contribution in [0.4, 0.5) is 0 Å². The number of rotatable bonds is 6. The van der Waals surface area contributed by atoms with Crippen LogP contribution in [0.25, 0.3) is 0 Å². The van der Waals surface area contributed by atoms with Crippen LogP contribution in [-0.4, -0.2) is 48.8 Å². The summed E-state index contributed by atoms with van der Waals surface area (Å²) in [7, 11) is 3.44. The zero-order chi connectivity index (χ0) is 22.8. The van der Waals surface area contributed by atoms with Gasteiger partial charge in [0.2, 0.25) is 0 Å². The molecule has 3 aromatic carbocycles. The molecular weight excluding hydrogens is 410 g/mol. The van der Waals surface area contributed by atoms with E-state index >= 15 is 0 Å². The minimum Gasteiger partial charge on any atom is -0.497 e. The number of hydrogen-bond donors (Lipinski definition) is 0. The smallest absolute Gasteiger partial charge is 0.118 e. The largest absolute Gasteiger partial charge is 0.497 e. The molecule has 2 heterocycles. The molecule has 33 heavy (non-hydrogen) atoms. The minimum absolute atomic E-state index is 0.196. The van der Waals surface area contributed by atoms with Crippen molar-refractivity contribution >= 4 is 0 Å². The highest BCUT2D eigenvalue weighted by Gasteiger charge is 2.43. The molecule has 2 aliphatic rings. The highest BCUT2D eigenvalue weighted by Crippen LogP contribution is 2.42. The first-order valence-electron chi connectivity index (χ1n) is 11.8. The Bertz CT molecular complexity index is 1050. The number of benzene rings is 3. The first-order valence-corrected chi connectivity index (χ1v) is 11.8. The number of hydrazine groups is 1. The molecule has 0 N–H and O–H groups in total. The maximum Gasteiger partial charge on any atom is 0.118 e. The maximum atomic E-state index is 5.42. The average Bonchev–Trinajstić information content (AvgIpc) is 3.34. The molecule has 0 saturated carbocycles. The van der Waals surface area contributed by atoms with Crippen LogP contribution in [0.3, 0.4) is 0 Å². The van der Waals surface area contributed by atoms with Crippen LogP contribution < -0.4 is 9.47 Å². The highest BCUT2D eigenvalue weighted by molar-refractivity contribution is 5.32. The molecule has 5 nitrogen and oxygen atoms in total. The molecule has 2 atom stereocenters. The van der Waals surface area contributed by atoms with Crippen molar-refractivity contribution in [2.75, 3.05) is 33.9 Å². The van der Waals surface area contributed by atoms with Crippen molar-refractivity contribution in [1.29, 1.82) is 0 Å². The summed E-state index contributed by atoms with van der Waals surface area (Å²) in [6.07, 6.45) is 1.38. The van der Waals surface area contributed by atoms with E-state index in [-0.39, 0.29) is 6.17 Å². The molecular formula is C28H33N3O2. The van der Waals surface area contributed by atoms with E-state index in [1.165, 1.54) is 28.7 Å². The van der Waals surface area contributed by atoms with Crippen LogP contribution in [0.1, 0.15) is 40.9 Å². The van der Waals surface area contributed by atoms with Crippen LogP contribution >= 0.6 is 0 Å². The minimum atomic E-state index is 0.196. The Morgan fingerprint density at radius 3 is 1.94 bits per heavy atom. The summed E-state index contributed by atoms with van der Waals surface area (Å²) in [5.74, 6) is 1.79. The molecule has 2 fully saturated rings. The summed E-state index contributed by atoms with van der Waals surface area (Å²) < 4.78 is 10.8. The van der Waals surface area contributed by atoms with E-state index in [1.807, 2.05) is 0 Å². The number of methoxy groups -OCH3 is 2. The first-order chi connectivity index (χ1) is 16.2. The maximum absolute atomic E-state index is 5.42. The Morgan fingerprint density at radius 1 is 0.727 bits per heavy atom. The van der Waals surface area contributed by atoms with Crippen LogP contribution in [-0.2, 0) is 6.54 Å². The second-order valence-corrected chi connectivity index (χ2v) is 9.03. The van der Waals surface area contributed by atoms with Gasteiger partial charge >= 0.3 is 0 Å². The SMILES string of the molecule is COc1ccc(CN2C[C@H](c3ccc(C)cc3)N3CCCN3[C@H]2c2ccc(OC)cc2)cc1. The van der Waals surface area contributed by atoms with Crippen molar-refractivity contribution < 1.29 is 9.47 Å². The Morgan fingerprint density at radius 2 is 1.30 bits per heavy atom. The third-order valence-electron chi connectivity index (χ3n) is 6.92. The number of nitrogens with zero attached hydrogens (tertiary/aromatic N) is 3. The predicted octanol–water partition coefficient (Wildman–Crippen LogP) is 5.19. The summed E-state index contributed by atoms with van der Waals surface area (Å²) in [6.45, 7) is 6.18. The van der Waals surface area contributed by atoms with Gasteiger partial charge in [0.1, 0.15) is 17.7 Å². The lowest BCUT2D eigenvalue weighted by Crippen LogP contribution is -2.56. The van der Waals surface area contributed by atoms with Gasteiger partial charge < -0.3 is 9.47 Å². The lowest BCUT2D eigenvalue weighted by Gasteiger charge is -2.51. The summed E-state index contributed by atoms with van der Waals surface area (Å²) in [6, 6.07) is 26.5. The quantitative estimate of drug-likeness (QED) is 0.523. The van der Waals surface area contributed by atoms with E-state index in [9.17, 15) is 0 Å². The second-order valence-electron chi connectivity index (χ2n) is 9.03. The molecule has 3 aromatic rings. The molecule has 0 unspecified atom stereocenters. The average molecular weight is 444 g/mol. The van der Waals surface area contributed by atoms with Gasteiger partial charge in [-0.1, -0.05) is 54.1 Å².